The van der Waals surface area contributed by atoms with Gasteiger partial charge in [-0.05, 0) is 25.0 Å². The zero-order valence-corrected chi connectivity index (χ0v) is 13.3. The molecule has 0 aliphatic heterocycles. The summed E-state index contributed by atoms with van der Waals surface area (Å²) in [6.07, 6.45) is 0. The van der Waals surface area contributed by atoms with Crippen LogP contribution in [0.3, 0.4) is 0 Å². The van der Waals surface area contributed by atoms with Crippen LogP contribution in [-0.4, -0.2) is 16.0 Å². The monoisotopic (exact) mass is 321 g/mol. The maximum absolute atomic E-state index is 12.2. The quantitative estimate of drug-likeness (QED) is 0.935. The first-order chi connectivity index (χ1) is 10.3. The van der Waals surface area contributed by atoms with Gasteiger partial charge >= 0.3 is 5.76 Å². The number of fused-ring (bicyclic) bond motifs is 1. The Kier molecular flexibility index (Phi) is 4.29. The highest BCUT2D eigenvalue weighted by Gasteiger charge is 2.30. The molecule has 1 heterocycles. The van der Waals surface area contributed by atoms with Crippen LogP contribution in [0.25, 0.3) is 11.1 Å². The Hall–Kier alpha value is -2.26. The first kappa shape index (κ1) is 16.1. The lowest BCUT2D eigenvalue weighted by molar-refractivity contribution is -0.123. The van der Waals surface area contributed by atoms with Crippen molar-refractivity contribution in [3.05, 3.63) is 33.8 Å². The van der Waals surface area contributed by atoms with Crippen LogP contribution in [0.5, 0.6) is 0 Å². The Bertz CT molecular complexity index is 816. The molecule has 1 aromatic carbocycles. The summed E-state index contributed by atoms with van der Waals surface area (Å²) in [5, 5.41) is 12.3. The molecule has 1 N–H and O–H groups in total. The number of nitrogens with zero attached hydrogens (tertiary/aromatic N) is 2. The largest absolute Gasteiger partial charge is 0.420 e. The molecule has 0 aliphatic carbocycles. The number of nitriles is 1. The standard InChI is InChI=1S/C15H16ClN3O3/c1-9(2)15(3,8-17)18-13(20)7-19-11-5-4-10(16)6-12(11)22-14(19)21/h4-6,9H,7H2,1-3H3,(H,18,20)/t15-/m0/s1. The molecule has 6 nitrogen and oxygen atoms in total. The highest BCUT2D eigenvalue weighted by Crippen LogP contribution is 2.19. The minimum absolute atomic E-state index is 0.0712. The lowest BCUT2D eigenvalue weighted by Gasteiger charge is -2.27. The molecule has 0 aliphatic rings. The average Bonchev–Trinajstić information content (AvgIpc) is 2.73. The van der Waals surface area contributed by atoms with Crippen LogP contribution in [-0.2, 0) is 11.3 Å². The third kappa shape index (κ3) is 3.00. The molecule has 7 heteroatoms. The van der Waals surface area contributed by atoms with Gasteiger partial charge in [0.2, 0.25) is 5.91 Å². The van der Waals surface area contributed by atoms with Crippen LogP contribution >= 0.6 is 11.6 Å². The van der Waals surface area contributed by atoms with Crippen molar-refractivity contribution in [3.63, 3.8) is 0 Å². The number of carbonyl (C=O) groups excluding carboxylic acids is 1. The summed E-state index contributed by atoms with van der Waals surface area (Å²) < 4.78 is 6.27. The van der Waals surface area contributed by atoms with Gasteiger partial charge in [0, 0.05) is 11.1 Å². The zero-order valence-electron chi connectivity index (χ0n) is 12.5. The van der Waals surface area contributed by atoms with Gasteiger partial charge < -0.3 is 9.73 Å². The molecule has 0 spiro atoms. The van der Waals surface area contributed by atoms with Gasteiger partial charge in [-0.3, -0.25) is 9.36 Å². The molecular weight excluding hydrogens is 306 g/mol. The Balaban J connectivity index is 2.28. The Morgan fingerprint density at radius 2 is 2.23 bits per heavy atom. The minimum atomic E-state index is -0.996. The van der Waals surface area contributed by atoms with Crippen molar-refractivity contribution < 1.29 is 9.21 Å². The van der Waals surface area contributed by atoms with Crippen molar-refractivity contribution in [2.75, 3.05) is 0 Å². The topological polar surface area (TPSA) is 88.0 Å². The van der Waals surface area contributed by atoms with Crippen molar-refractivity contribution in [3.8, 4) is 6.07 Å². The van der Waals surface area contributed by atoms with Crippen molar-refractivity contribution in [2.24, 2.45) is 5.92 Å². The van der Waals surface area contributed by atoms with Gasteiger partial charge in [-0.15, -0.1) is 0 Å². The van der Waals surface area contributed by atoms with Crippen LogP contribution in [0, 0.1) is 17.2 Å². The van der Waals surface area contributed by atoms with Crippen LogP contribution in [0.15, 0.2) is 27.4 Å². The lowest BCUT2D eigenvalue weighted by Crippen LogP contribution is -2.50. The van der Waals surface area contributed by atoms with Crippen LogP contribution in [0.2, 0.25) is 5.02 Å². The van der Waals surface area contributed by atoms with Gasteiger partial charge in [0.05, 0.1) is 11.6 Å². The molecule has 1 aromatic heterocycles. The second kappa shape index (κ2) is 5.85. The Labute approximate surface area is 132 Å². The summed E-state index contributed by atoms with van der Waals surface area (Å²) in [7, 11) is 0. The maximum Gasteiger partial charge on any atom is 0.420 e. The van der Waals surface area contributed by atoms with Gasteiger partial charge in [0.1, 0.15) is 12.1 Å². The van der Waals surface area contributed by atoms with Gasteiger partial charge in [-0.25, -0.2) is 4.79 Å². The fourth-order valence-corrected chi connectivity index (χ4v) is 2.13. The minimum Gasteiger partial charge on any atom is -0.408 e. The van der Waals surface area contributed by atoms with Gasteiger partial charge in [-0.1, -0.05) is 25.4 Å². The maximum atomic E-state index is 12.2. The number of halogens is 1. The molecule has 0 unspecified atom stereocenters. The third-order valence-electron chi connectivity index (χ3n) is 3.72. The van der Waals surface area contributed by atoms with E-state index < -0.39 is 17.2 Å². The summed E-state index contributed by atoms with van der Waals surface area (Å²) in [6.45, 7) is 5.10. The molecule has 2 rings (SSSR count). The molecule has 22 heavy (non-hydrogen) atoms. The number of rotatable bonds is 4. The Morgan fingerprint density at radius 1 is 1.55 bits per heavy atom. The van der Waals surface area contributed by atoms with Gasteiger partial charge in [0.25, 0.3) is 0 Å². The number of hydrogen-bond donors (Lipinski definition) is 1. The van der Waals surface area contributed by atoms with Crippen molar-refractivity contribution in [1.29, 1.82) is 5.26 Å². The van der Waals surface area contributed by atoms with E-state index in [0.717, 1.165) is 0 Å². The number of nitrogens with one attached hydrogen (secondary N) is 1. The summed E-state index contributed by atoms with van der Waals surface area (Å²) in [5.74, 6) is -1.15. The SMILES string of the molecule is CC(C)[C@](C)(C#N)NC(=O)Cn1c(=O)oc2cc(Cl)ccc21. The number of carbonyl (C=O) groups is 1. The number of benzene rings is 1. The van der Waals surface area contributed by atoms with E-state index in [1.54, 1.807) is 19.1 Å². The Morgan fingerprint density at radius 3 is 2.82 bits per heavy atom. The fraction of sp³-hybridized carbons (Fsp3) is 0.400. The first-order valence-corrected chi connectivity index (χ1v) is 7.16. The van der Waals surface area contributed by atoms with Crippen molar-refractivity contribution in [2.45, 2.75) is 32.9 Å². The second-order valence-electron chi connectivity index (χ2n) is 5.58. The van der Waals surface area contributed by atoms with E-state index in [2.05, 4.69) is 11.4 Å². The summed E-state index contributed by atoms with van der Waals surface area (Å²) in [4.78, 5) is 24.0. The second-order valence-corrected chi connectivity index (χ2v) is 6.02. The number of aromatic nitrogens is 1. The molecule has 0 bridgehead atoms. The highest BCUT2D eigenvalue weighted by molar-refractivity contribution is 6.31. The van der Waals surface area contributed by atoms with E-state index >= 15 is 0 Å². The molecule has 2 aromatic rings. The number of oxazole rings is 1. The molecule has 0 radical (unpaired) electrons. The normalized spacial score (nSPS) is 13.8. The zero-order chi connectivity index (χ0) is 16.5. The summed E-state index contributed by atoms with van der Waals surface area (Å²) in [5.41, 5.74) is -0.200. The van der Waals surface area contributed by atoms with E-state index in [-0.39, 0.29) is 12.5 Å². The lowest BCUT2D eigenvalue weighted by atomic mass is 9.90. The van der Waals surface area contributed by atoms with E-state index in [0.29, 0.717) is 16.1 Å². The van der Waals surface area contributed by atoms with Gasteiger partial charge in [0.15, 0.2) is 5.58 Å². The molecular formula is C15H16ClN3O3. The van der Waals surface area contributed by atoms with E-state index in [1.165, 1.54) is 10.6 Å². The molecule has 1 amide bonds. The predicted octanol–water partition coefficient (Wildman–Crippen LogP) is 2.30. The van der Waals surface area contributed by atoms with E-state index in [1.807, 2.05) is 13.8 Å². The molecule has 0 fully saturated rings. The van der Waals surface area contributed by atoms with Crippen molar-refractivity contribution >= 4 is 28.6 Å². The van der Waals surface area contributed by atoms with Gasteiger partial charge in [-0.2, -0.15) is 5.26 Å². The van der Waals surface area contributed by atoms with Crippen molar-refractivity contribution in [1.82, 2.24) is 9.88 Å². The smallest absolute Gasteiger partial charge is 0.408 e. The predicted molar refractivity (Wildman–Crippen MR) is 82.5 cm³/mol. The van der Waals surface area contributed by atoms with E-state index in [9.17, 15) is 14.9 Å². The molecule has 1 atom stereocenters. The molecule has 116 valence electrons. The molecule has 0 saturated heterocycles. The third-order valence-corrected chi connectivity index (χ3v) is 3.95. The average molecular weight is 322 g/mol. The van der Waals surface area contributed by atoms with E-state index in [4.69, 9.17) is 16.0 Å². The number of hydrogen-bond acceptors (Lipinski definition) is 4. The highest BCUT2D eigenvalue weighted by atomic mass is 35.5. The first-order valence-electron chi connectivity index (χ1n) is 6.78. The fourth-order valence-electron chi connectivity index (χ4n) is 1.96. The summed E-state index contributed by atoms with van der Waals surface area (Å²) in [6, 6.07) is 6.83. The molecule has 0 saturated carbocycles. The van der Waals surface area contributed by atoms with Crippen LogP contribution < -0.4 is 11.1 Å². The summed E-state index contributed by atoms with van der Waals surface area (Å²) >= 11 is 5.84. The number of amides is 1. The van der Waals surface area contributed by atoms with Crippen LogP contribution in [0.4, 0.5) is 0 Å². The van der Waals surface area contributed by atoms with Crippen LogP contribution in [0.1, 0.15) is 20.8 Å².